The molecule has 2 aliphatic rings. The molecular formula is C32H27N2O4S2+. The van der Waals surface area contributed by atoms with E-state index >= 15 is 0 Å². The van der Waals surface area contributed by atoms with Crippen LogP contribution in [0, 0.1) is 0 Å². The molecule has 0 saturated heterocycles. The zero-order valence-corrected chi connectivity index (χ0v) is 23.8. The number of hydrogen-bond acceptors (Lipinski definition) is 7. The Kier molecular flexibility index (Phi) is 7.28. The molecule has 6 rings (SSSR count). The summed E-state index contributed by atoms with van der Waals surface area (Å²) in [5.41, 5.74) is 4.60. The van der Waals surface area contributed by atoms with Crippen LogP contribution >= 0.6 is 23.1 Å². The Morgan fingerprint density at radius 2 is 1.77 bits per heavy atom. The van der Waals surface area contributed by atoms with Gasteiger partial charge in [-0.15, -0.1) is 11.8 Å². The van der Waals surface area contributed by atoms with E-state index in [0.29, 0.717) is 35.0 Å². The van der Waals surface area contributed by atoms with Gasteiger partial charge in [0.2, 0.25) is 11.4 Å². The largest absolute Gasteiger partial charge is 0.439 e. The number of thioether (sulfide) groups is 1. The van der Waals surface area contributed by atoms with E-state index in [1.54, 1.807) is 35.2 Å². The van der Waals surface area contributed by atoms with Gasteiger partial charge in [-0.2, -0.15) is 4.57 Å². The maximum atomic E-state index is 13.7. The van der Waals surface area contributed by atoms with Crippen LogP contribution in [0.3, 0.4) is 0 Å². The molecule has 0 spiro atoms. The highest BCUT2D eigenvalue weighted by Gasteiger charge is 2.36. The van der Waals surface area contributed by atoms with Crippen molar-refractivity contribution in [3.8, 4) is 11.5 Å². The van der Waals surface area contributed by atoms with Gasteiger partial charge in [-0.25, -0.2) is 0 Å². The van der Waals surface area contributed by atoms with Gasteiger partial charge < -0.3 is 14.4 Å². The van der Waals surface area contributed by atoms with Crippen molar-refractivity contribution in [2.75, 3.05) is 11.4 Å². The van der Waals surface area contributed by atoms with Crippen molar-refractivity contribution in [3.05, 3.63) is 111 Å². The molecule has 4 aromatic rings. The molecule has 0 atom stereocenters. The van der Waals surface area contributed by atoms with Gasteiger partial charge in [0.15, 0.2) is 11.5 Å². The van der Waals surface area contributed by atoms with Crippen molar-refractivity contribution in [1.82, 2.24) is 0 Å². The van der Waals surface area contributed by atoms with E-state index in [0.717, 1.165) is 40.0 Å². The number of ether oxygens (including phenoxy) is 2. The molecule has 0 bridgehead atoms. The first-order valence-corrected chi connectivity index (χ1v) is 14.9. The van der Waals surface area contributed by atoms with Crippen LogP contribution in [0.2, 0.25) is 0 Å². The van der Waals surface area contributed by atoms with E-state index in [-0.39, 0.29) is 5.78 Å². The minimum absolute atomic E-state index is 0.0143. The first-order valence-electron chi connectivity index (χ1n) is 13.1. The van der Waals surface area contributed by atoms with Gasteiger partial charge in [-0.1, -0.05) is 47.7 Å². The van der Waals surface area contributed by atoms with Crippen LogP contribution in [0.4, 0.5) is 5.69 Å². The third-order valence-electron chi connectivity index (χ3n) is 6.91. The van der Waals surface area contributed by atoms with Gasteiger partial charge in [0.05, 0.1) is 5.69 Å². The first kappa shape index (κ1) is 26.1. The van der Waals surface area contributed by atoms with Crippen LogP contribution in [0.5, 0.6) is 11.5 Å². The number of aryl methyl sites for hydroxylation is 1. The summed E-state index contributed by atoms with van der Waals surface area (Å²) in [6.45, 7) is 6.15. The number of carbonyl (C=O) groups excluding carboxylic acids is 2. The van der Waals surface area contributed by atoms with E-state index in [4.69, 9.17) is 9.47 Å². The van der Waals surface area contributed by atoms with Crippen molar-refractivity contribution >= 4 is 57.3 Å². The smallest absolute Gasteiger partial charge is 0.298 e. The molecule has 0 amide bonds. The average molecular weight is 568 g/mol. The van der Waals surface area contributed by atoms with E-state index in [1.165, 1.54) is 10.2 Å². The summed E-state index contributed by atoms with van der Waals surface area (Å²) in [5.74, 6) is 2.62. The molecule has 1 aliphatic carbocycles. The Balaban J connectivity index is 1.38. The highest BCUT2D eigenvalue weighted by molar-refractivity contribution is 8.02. The molecule has 6 nitrogen and oxygen atoms in total. The number of nitrogens with zero attached hydrogens (tertiary/aromatic N) is 2. The normalized spacial score (nSPS) is 16.4. The maximum Gasteiger partial charge on any atom is 0.298 e. The molecule has 0 unspecified atom stereocenters. The number of ketones is 1. The van der Waals surface area contributed by atoms with Gasteiger partial charge in [0, 0.05) is 46.6 Å². The standard InChI is InChI=1S/C32H27N2O4S2/c1-3-33-25-9-5-7-11-27(25)38-29(33)17-23-31(36)24(18-30-34(4-2)26-10-6-8-12-28(26)40-30)32(23)39-19-21-13-15-22(16-14-21)37-20-35/h5-18,20H,3-4,19H2,1-2H3/q+1. The summed E-state index contributed by atoms with van der Waals surface area (Å²) in [4.78, 5) is 27.3. The molecule has 8 heteroatoms. The number of allylic oxidation sites excluding steroid dienone is 3. The van der Waals surface area contributed by atoms with Crippen molar-refractivity contribution in [3.63, 3.8) is 0 Å². The minimum Gasteiger partial charge on any atom is -0.439 e. The zero-order valence-electron chi connectivity index (χ0n) is 22.1. The molecule has 2 heterocycles. The lowest BCUT2D eigenvalue weighted by molar-refractivity contribution is -0.665. The molecule has 1 aromatic heterocycles. The number of thiazole rings is 1. The number of Topliss-reactive ketones (excluding diaryl/α,β-unsaturated/α-hetero) is 1. The predicted molar refractivity (Wildman–Crippen MR) is 160 cm³/mol. The van der Waals surface area contributed by atoms with E-state index in [2.05, 4.69) is 35.4 Å². The Labute approximate surface area is 240 Å². The molecule has 0 saturated carbocycles. The maximum absolute atomic E-state index is 13.7. The van der Waals surface area contributed by atoms with Crippen molar-refractivity contribution in [2.45, 2.75) is 26.1 Å². The SMILES string of the molecule is CCN1/C(=C\C2=C(SCc3ccc(OC=O)cc3)C(=C\c3sc4ccccc4[n+]3CC)/C2=O)Oc2ccccc21. The van der Waals surface area contributed by atoms with Crippen LogP contribution in [-0.2, 0) is 21.9 Å². The lowest BCUT2D eigenvalue weighted by atomic mass is 9.89. The van der Waals surface area contributed by atoms with Crippen LogP contribution in [0.25, 0.3) is 16.3 Å². The highest BCUT2D eigenvalue weighted by atomic mass is 32.2. The second-order valence-electron chi connectivity index (χ2n) is 9.23. The lowest BCUT2D eigenvalue weighted by Gasteiger charge is -2.24. The van der Waals surface area contributed by atoms with Crippen LogP contribution < -0.4 is 18.9 Å². The molecule has 0 fully saturated rings. The molecule has 0 N–H and O–H groups in total. The van der Waals surface area contributed by atoms with Crippen molar-refractivity contribution in [2.24, 2.45) is 0 Å². The third kappa shape index (κ3) is 4.74. The Bertz CT molecular complexity index is 1720. The first-order chi connectivity index (χ1) is 19.6. The van der Waals surface area contributed by atoms with Gasteiger partial charge in [0.1, 0.15) is 17.0 Å². The van der Waals surface area contributed by atoms with Gasteiger partial charge in [-0.05, 0) is 49.7 Å². The van der Waals surface area contributed by atoms with Crippen molar-refractivity contribution < 1.29 is 23.6 Å². The fourth-order valence-electron chi connectivity index (χ4n) is 4.95. The van der Waals surface area contributed by atoms with Gasteiger partial charge in [-0.3, -0.25) is 9.59 Å². The number of aromatic nitrogens is 1. The highest BCUT2D eigenvalue weighted by Crippen LogP contribution is 2.45. The number of fused-ring (bicyclic) bond motifs is 2. The minimum atomic E-state index is 0.0143. The van der Waals surface area contributed by atoms with E-state index < -0.39 is 0 Å². The zero-order chi connectivity index (χ0) is 27.6. The van der Waals surface area contributed by atoms with Crippen molar-refractivity contribution in [1.29, 1.82) is 0 Å². The Morgan fingerprint density at radius 3 is 2.55 bits per heavy atom. The van der Waals surface area contributed by atoms with E-state index in [9.17, 15) is 9.59 Å². The number of benzene rings is 3. The lowest BCUT2D eigenvalue weighted by Crippen LogP contribution is -2.34. The Hall–Kier alpha value is -4.14. The fraction of sp³-hybridized carbons (Fsp3) is 0.156. The molecule has 0 radical (unpaired) electrons. The number of para-hydroxylation sites is 3. The van der Waals surface area contributed by atoms with E-state index in [1.807, 2.05) is 60.7 Å². The second kappa shape index (κ2) is 11.2. The number of hydrogen-bond donors (Lipinski definition) is 0. The summed E-state index contributed by atoms with van der Waals surface area (Å²) < 4.78 is 14.5. The molecular weight excluding hydrogens is 540 g/mol. The summed E-state index contributed by atoms with van der Waals surface area (Å²) in [6, 6.07) is 23.6. The third-order valence-corrected chi connectivity index (χ3v) is 9.23. The number of carbonyl (C=O) groups is 2. The Morgan fingerprint density at radius 1 is 1.00 bits per heavy atom. The monoisotopic (exact) mass is 567 g/mol. The molecule has 3 aromatic carbocycles. The van der Waals surface area contributed by atoms with Gasteiger partial charge >= 0.3 is 0 Å². The number of anilines is 1. The quantitative estimate of drug-likeness (QED) is 0.128. The molecule has 200 valence electrons. The fourth-order valence-corrected chi connectivity index (χ4v) is 7.23. The number of rotatable bonds is 9. The summed E-state index contributed by atoms with van der Waals surface area (Å²) in [6.07, 6.45) is 3.91. The van der Waals surface area contributed by atoms with Crippen LogP contribution in [-0.4, -0.2) is 18.8 Å². The average Bonchev–Trinajstić information content (AvgIpc) is 3.53. The molecule has 40 heavy (non-hydrogen) atoms. The predicted octanol–water partition coefficient (Wildman–Crippen LogP) is 6.66. The summed E-state index contributed by atoms with van der Waals surface area (Å²) in [5, 5.41) is 1.05. The summed E-state index contributed by atoms with van der Waals surface area (Å²) in [7, 11) is 0. The van der Waals surface area contributed by atoms with Crippen LogP contribution in [0.15, 0.2) is 101 Å². The van der Waals surface area contributed by atoms with Crippen LogP contribution in [0.1, 0.15) is 24.4 Å². The second-order valence-corrected chi connectivity index (χ2v) is 11.3. The van der Waals surface area contributed by atoms with Gasteiger partial charge in [0.25, 0.3) is 11.5 Å². The topological polar surface area (TPSA) is 59.7 Å². The molecule has 1 aliphatic heterocycles. The summed E-state index contributed by atoms with van der Waals surface area (Å²) >= 11 is 3.32.